The highest BCUT2D eigenvalue weighted by molar-refractivity contribution is 5.81. The Morgan fingerprint density at radius 2 is 1.65 bits per heavy atom. The highest BCUT2D eigenvalue weighted by atomic mass is 19.1. The summed E-state index contributed by atoms with van der Waals surface area (Å²) in [5.74, 6) is -1.59. The molecule has 0 bridgehead atoms. The van der Waals surface area contributed by atoms with E-state index in [0.29, 0.717) is 0 Å². The first-order valence-corrected chi connectivity index (χ1v) is 8.53. The summed E-state index contributed by atoms with van der Waals surface area (Å²) in [5.41, 5.74) is 4.31. The first-order valence-electron chi connectivity index (χ1n) is 8.53. The molecule has 1 aliphatic carbocycles. The number of halogens is 1. The van der Waals surface area contributed by atoms with Crippen LogP contribution in [-0.4, -0.2) is 42.3 Å². The van der Waals surface area contributed by atoms with Gasteiger partial charge in [0.1, 0.15) is 12.8 Å². The average molecular weight is 354 g/mol. The van der Waals surface area contributed by atoms with Crippen molar-refractivity contribution in [2.45, 2.75) is 24.6 Å². The number of carbonyl (C=O) groups excluding carboxylic acids is 2. The van der Waals surface area contributed by atoms with Gasteiger partial charge in [0, 0.05) is 12.3 Å². The number of carboxylic acids is 1. The molecule has 0 saturated carbocycles. The summed E-state index contributed by atoms with van der Waals surface area (Å²) in [7, 11) is 0. The van der Waals surface area contributed by atoms with Gasteiger partial charge in [0.25, 0.3) is 0 Å². The molecule has 2 aromatic carbocycles. The Labute approximate surface area is 150 Å². The molecule has 2 aliphatic rings. The van der Waals surface area contributed by atoms with E-state index in [2.05, 4.69) is 0 Å². The summed E-state index contributed by atoms with van der Waals surface area (Å²) < 4.78 is 18.9. The number of hydrogen-bond donors (Lipinski definition) is 0. The predicted octanol–water partition coefficient (Wildman–Crippen LogP) is 2.10. The van der Waals surface area contributed by atoms with Crippen LogP contribution < -0.4 is 5.11 Å². The van der Waals surface area contributed by atoms with E-state index < -0.39 is 24.3 Å². The van der Waals surface area contributed by atoms with Gasteiger partial charge in [-0.3, -0.25) is 4.90 Å². The van der Waals surface area contributed by atoms with Crippen LogP contribution in [-0.2, 0) is 9.53 Å². The number of carboxylic acid groups (broad SMARTS) is 1. The molecule has 2 aromatic rings. The number of nitrogens with zero attached hydrogens (tertiary/aromatic N) is 1. The first kappa shape index (κ1) is 16.6. The molecular weight excluding hydrogens is 337 g/mol. The van der Waals surface area contributed by atoms with Crippen LogP contribution >= 0.6 is 0 Å². The van der Waals surface area contributed by atoms with E-state index in [-0.39, 0.29) is 25.5 Å². The second-order valence-corrected chi connectivity index (χ2v) is 6.62. The molecule has 5 nitrogen and oxygen atoms in total. The highest BCUT2D eigenvalue weighted by Gasteiger charge is 2.38. The molecule has 0 spiro atoms. The van der Waals surface area contributed by atoms with Gasteiger partial charge in [0.2, 0.25) is 0 Å². The minimum Gasteiger partial charge on any atom is -0.548 e. The molecule has 1 saturated heterocycles. The molecule has 0 unspecified atom stereocenters. The SMILES string of the molecule is O=C([O-])[C@@H]1C[C@@H](F)CN1C(=O)OCC1c2ccccc2-c2ccccc21. The van der Waals surface area contributed by atoms with Crippen molar-refractivity contribution in [1.29, 1.82) is 0 Å². The maximum absolute atomic E-state index is 13.5. The van der Waals surface area contributed by atoms with Crippen LogP contribution in [0.4, 0.5) is 9.18 Å². The number of hydrogen-bond acceptors (Lipinski definition) is 4. The Morgan fingerprint density at radius 1 is 1.08 bits per heavy atom. The van der Waals surface area contributed by atoms with Crippen molar-refractivity contribution < 1.29 is 23.8 Å². The van der Waals surface area contributed by atoms with Crippen LogP contribution in [0.25, 0.3) is 11.1 Å². The minimum atomic E-state index is -1.46. The minimum absolute atomic E-state index is 0.0695. The van der Waals surface area contributed by atoms with Gasteiger partial charge < -0.3 is 14.6 Å². The van der Waals surface area contributed by atoms with Crippen LogP contribution in [0.5, 0.6) is 0 Å². The van der Waals surface area contributed by atoms with Gasteiger partial charge in [-0.2, -0.15) is 0 Å². The fourth-order valence-corrected chi connectivity index (χ4v) is 3.89. The standard InChI is InChI=1S/C20H18FNO4/c21-12-9-18(19(23)24)22(10-12)20(25)26-11-17-15-7-3-1-5-13(15)14-6-2-4-8-16(14)17/h1-8,12,17-18H,9-11H2,(H,23,24)/p-1/t12-,18+/m1/s1. The Kier molecular flexibility index (Phi) is 4.11. The number of rotatable bonds is 3. The number of fused-ring (bicyclic) bond motifs is 3. The molecule has 1 fully saturated rings. The zero-order valence-corrected chi connectivity index (χ0v) is 13.9. The first-order chi connectivity index (χ1) is 12.6. The second kappa shape index (κ2) is 6.44. The lowest BCUT2D eigenvalue weighted by molar-refractivity contribution is -0.310. The van der Waals surface area contributed by atoms with Crippen LogP contribution in [0, 0.1) is 0 Å². The summed E-state index contributed by atoms with van der Waals surface area (Å²) in [6.07, 6.45) is -2.45. The molecule has 1 amide bonds. The van der Waals surface area contributed by atoms with Gasteiger partial charge >= 0.3 is 6.09 Å². The van der Waals surface area contributed by atoms with E-state index in [1.165, 1.54) is 0 Å². The summed E-state index contributed by atoms with van der Waals surface area (Å²) in [6, 6.07) is 14.5. The normalized spacial score (nSPS) is 21.3. The van der Waals surface area contributed by atoms with Crippen LogP contribution in [0.1, 0.15) is 23.5 Å². The molecule has 0 radical (unpaired) electrons. The zero-order valence-electron chi connectivity index (χ0n) is 13.9. The number of carbonyl (C=O) groups is 2. The van der Waals surface area contributed by atoms with Gasteiger partial charge in [-0.25, -0.2) is 9.18 Å². The molecule has 26 heavy (non-hydrogen) atoms. The summed E-state index contributed by atoms with van der Waals surface area (Å²) in [6.45, 7) is -0.213. The van der Waals surface area contributed by atoms with E-state index in [9.17, 15) is 19.1 Å². The Balaban J connectivity index is 1.53. The predicted molar refractivity (Wildman–Crippen MR) is 90.1 cm³/mol. The molecule has 1 aliphatic heterocycles. The second-order valence-electron chi connectivity index (χ2n) is 6.62. The van der Waals surface area contributed by atoms with Crippen molar-refractivity contribution in [3.8, 4) is 11.1 Å². The monoisotopic (exact) mass is 354 g/mol. The molecule has 4 rings (SSSR count). The summed E-state index contributed by atoms with van der Waals surface area (Å²) >= 11 is 0. The number of benzene rings is 2. The van der Waals surface area contributed by atoms with Crippen LogP contribution in [0.2, 0.25) is 0 Å². The van der Waals surface area contributed by atoms with E-state index in [1.54, 1.807) is 0 Å². The van der Waals surface area contributed by atoms with E-state index in [0.717, 1.165) is 27.2 Å². The van der Waals surface area contributed by atoms with Crippen molar-refractivity contribution in [2.75, 3.05) is 13.2 Å². The van der Waals surface area contributed by atoms with Gasteiger partial charge in [-0.1, -0.05) is 48.5 Å². The zero-order chi connectivity index (χ0) is 18.3. The topological polar surface area (TPSA) is 69.7 Å². The summed E-state index contributed by atoms with van der Waals surface area (Å²) in [5, 5.41) is 11.1. The molecule has 0 aromatic heterocycles. The van der Waals surface area contributed by atoms with E-state index in [1.807, 2.05) is 48.5 Å². The maximum atomic E-state index is 13.5. The van der Waals surface area contributed by atoms with Crippen molar-refractivity contribution >= 4 is 12.1 Å². The lowest BCUT2D eigenvalue weighted by Crippen LogP contribution is -2.47. The molecule has 6 heteroatoms. The average Bonchev–Trinajstić information content (AvgIpc) is 3.18. The smallest absolute Gasteiger partial charge is 0.410 e. The largest absolute Gasteiger partial charge is 0.548 e. The quantitative estimate of drug-likeness (QED) is 0.846. The molecular formula is C20H17FNO4-. The summed E-state index contributed by atoms with van der Waals surface area (Å²) in [4.78, 5) is 24.4. The lowest BCUT2D eigenvalue weighted by atomic mass is 9.98. The van der Waals surface area contributed by atoms with Gasteiger partial charge in [0.05, 0.1) is 18.6 Å². The fraction of sp³-hybridized carbons (Fsp3) is 0.300. The maximum Gasteiger partial charge on any atom is 0.410 e. The number of ether oxygens (including phenoxy) is 1. The number of aliphatic carboxylic acids is 1. The Bertz CT molecular complexity index is 823. The molecule has 1 heterocycles. The van der Waals surface area contributed by atoms with Gasteiger partial charge in [-0.05, 0) is 22.3 Å². The highest BCUT2D eigenvalue weighted by Crippen LogP contribution is 2.44. The molecule has 2 atom stereocenters. The lowest BCUT2D eigenvalue weighted by Gasteiger charge is -2.25. The Morgan fingerprint density at radius 3 is 2.23 bits per heavy atom. The molecule has 134 valence electrons. The number of alkyl halides is 1. The van der Waals surface area contributed by atoms with Gasteiger partial charge in [0.15, 0.2) is 0 Å². The van der Waals surface area contributed by atoms with E-state index in [4.69, 9.17) is 4.74 Å². The third-order valence-corrected chi connectivity index (χ3v) is 5.09. The Hall–Kier alpha value is -2.89. The van der Waals surface area contributed by atoms with Crippen LogP contribution in [0.3, 0.4) is 0 Å². The van der Waals surface area contributed by atoms with Crippen LogP contribution in [0.15, 0.2) is 48.5 Å². The van der Waals surface area contributed by atoms with Crippen molar-refractivity contribution in [2.24, 2.45) is 0 Å². The number of likely N-dealkylation sites (tertiary alicyclic amines) is 1. The third-order valence-electron chi connectivity index (χ3n) is 5.09. The third kappa shape index (κ3) is 2.71. The van der Waals surface area contributed by atoms with Crippen molar-refractivity contribution in [1.82, 2.24) is 4.90 Å². The van der Waals surface area contributed by atoms with E-state index >= 15 is 0 Å². The fourth-order valence-electron chi connectivity index (χ4n) is 3.89. The molecule has 0 N–H and O–H groups in total. The van der Waals surface area contributed by atoms with Gasteiger partial charge in [-0.15, -0.1) is 0 Å². The van der Waals surface area contributed by atoms with Crippen molar-refractivity contribution in [3.05, 3.63) is 59.7 Å². The number of amides is 1. The van der Waals surface area contributed by atoms with Crippen molar-refractivity contribution in [3.63, 3.8) is 0 Å².